The number of rotatable bonds is 4. The Morgan fingerprint density at radius 3 is 2.39 bits per heavy atom. The lowest BCUT2D eigenvalue weighted by Crippen LogP contribution is -2.63. The van der Waals surface area contributed by atoms with E-state index in [0.717, 1.165) is 17.4 Å². The standard InChI is InChI=1S/C23H26F5N5O2S/c1-29-20(35)14-10-36-19-15(23(26,27)28)8-16(30-18(14)19)32-6-2-21(3-7-32)11-33(12-21)17(34)9-31-5-4-22(24,25)13-31/h8,10H,2-7,9,11-13H2,1H3,(H,29,35). The summed E-state index contributed by atoms with van der Waals surface area (Å²) in [7, 11) is 1.41. The Hall–Kier alpha value is -2.54. The number of carbonyl (C=O) groups excluding carboxylic acids is 2. The molecular weight excluding hydrogens is 505 g/mol. The van der Waals surface area contributed by atoms with E-state index in [4.69, 9.17) is 0 Å². The van der Waals surface area contributed by atoms with E-state index in [2.05, 4.69) is 10.3 Å². The Morgan fingerprint density at radius 2 is 1.81 bits per heavy atom. The molecule has 1 N–H and O–H groups in total. The molecule has 3 saturated heterocycles. The topological polar surface area (TPSA) is 68.8 Å². The van der Waals surface area contributed by atoms with Gasteiger partial charge in [-0.3, -0.25) is 14.5 Å². The van der Waals surface area contributed by atoms with Gasteiger partial charge in [0.1, 0.15) is 5.82 Å². The molecule has 0 radical (unpaired) electrons. The van der Waals surface area contributed by atoms with E-state index in [1.807, 2.05) is 0 Å². The van der Waals surface area contributed by atoms with Crippen molar-refractivity contribution in [2.75, 3.05) is 57.8 Å². The molecular formula is C23H26F5N5O2S. The Kier molecular flexibility index (Phi) is 6.13. The molecule has 0 unspecified atom stereocenters. The lowest BCUT2D eigenvalue weighted by atomic mass is 9.72. The van der Waals surface area contributed by atoms with Gasteiger partial charge in [-0.15, -0.1) is 11.3 Å². The van der Waals surface area contributed by atoms with Gasteiger partial charge in [0.25, 0.3) is 11.8 Å². The normalized spacial score (nSPS) is 21.7. The fourth-order valence-corrected chi connectivity index (χ4v) is 6.39. The number of thiophene rings is 1. The molecule has 0 atom stereocenters. The number of hydrogen-bond acceptors (Lipinski definition) is 6. The Balaban J connectivity index is 1.26. The quantitative estimate of drug-likeness (QED) is 0.613. The number of fused-ring (bicyclic) bond motifs is 1. The van der Waals surface area contributed by atoms with Gasteiger partial charge in [0.15, 0.2) is 0 Å². The third-order valence-electron chi connectivity index (χ3n) is 7.45. The van der Waals surface area contributed by atoms with Gasteiger partial charge < -0.3 is 15.1 Å². The molecule has 0 aliphatic carbocycles. The summed E-state index contributed by atoms with van der Waals surface area (Å²) in [5, 5.41) is 3.84. The first-order chi connectivity index (χ1) is 16.9. The number of carbonyl (C=O) groups is 2. The third kappa shape index (κ3) is 4.62. The molecule has 5 heterocycles. The molecule has 2 amide bonds. The van der Waals surface area contributed by atoms with E-state index in [1.165, 1.54) is 17.3 Å². The summed E-state index contributed by atoms with van der Waals surface area (Å²) in [6.07, 6.45) is -3.48. The summed E-state index contributed by atoms with van der Waals surface area (Å²) in [5.74, 6) is -3.22. The predicted molar refractivity (Wildman–Crippen MR) is 124 cm³/mol. The average molecular weight is 532 g/mol. The van der Waals surface area contributed by atoms with Crippen molar-refractivity contribution in [3.05, 3.63) is 22.6 Å². The number of halogens is 5. The smallest absolute Gasteiger partial charge is 0.357 e. The molecule has 2 aromatic rings. The van der Waals surface area contributed by atoms with Crippen molar-refractivity contribution in [2.24, 2.45) is 5.41 Å². The van der Waals surface area contributed by atoms with Gasteiger partial charge in [-0.2, -0.15) is 13.2 Å². The van der Waals surface area contributed by atoms with Crippen LogP contribution in [0.4, 0.5) is 27.8 Å². The van der Waals surface area contributed by atoms with E-state index in [0.29, 0.717) is 39.0 Å². The summed E-state index contributed by atoms with van der Waals surface area (Å²) >= 11 is 0.849. The number of amides is 2. The number of piperidine rings is 1. The molecule has 3 aliphatic heterocycles. The number of hydrogen-bond donors (Lipinski definition) is 1. The second kappa shape index (κ2) is 8.79. The highest BCUT2D eigenvalue weighted by atomic mass is 32.1. The second-order valence-electron chi connectivity index (χ2n) is 9.99. The van der Waals surface area contributed by atoms with Gasteiger partial charge in [0, 0.05) is 57.0 Å². The SMILES string of the molecule is CNC(=O)c1csc2c(C(F)(F)F)cc(N3CCC4(CC3)CN(C(=O)CN3CCC(F)(F)C3)C4)nc12. The van der Waals surface area contributed by atoms with Crippen LogP contribution in [0.1, 0.15) is 35.2 Å². The van der Waals surface area contributed by atoms with E-state index in [-0.39, 0.29) is 52.4 Å². The highest BCUT2D eigenvalue weighted by Gasteiger charge is 2.48. The van der Waals surface area contributed by atoms with Crippen LogP contribution < -0.4 is 10.2 Å². The summed E-state index contributed by atoms with van der Waals surface area (Å²) in [5.41, 5.74) is -0.774. The van der Waals surface area contributed by atoms with Crippen molar-refractivity contribution in [3.8, 4) is 0 Å². The first-order valence-electron chi connectivity index (χ1n) is 11.7. The van der Waals surface area contributed by atoms with Gasteiger partial charge in [0.2, 0.25) is 5.91 Å². The molecule has 0 saturated carbocycles. The van der Waals surface area contributed by atoms with Crippen molar-refractivity contribution >= 4 is 39.2 Å². The lowest BCUT2D eigenvalue weighted by molar-refractivity contribution is -0.146. The van der Waals surface area contributed by atoms with Crippen LogP contribution in [0.5, 0.6) is 0 Å². The van der Waals surface area contributed by atoms with Crippen molar-refractivity contribution in [1.82, 2.24) is 20.1 Å². The minimum absolute atomic E-state index is 0.0176. The molecule has 1 spiro atoms. The third-order valence-corrected chi connectivity index (χ3v) is 8.45. The number of anilines is 1. The molecule has 3 aliphatic rings. The number of alkyl halides is 5. The summed E-state index contributed by atoms with van der Waals surface area (Å²) in [6, 6.07) is 1.05. The van der Waals surface area contributed by atoms with Gasteiger partial charge in [0.05, 0.1) is 34.4 Å². The van der Waals surface area contributed by atoms with Crippen molar-refractivity contribution < 1.29 is 31.5 Å². The minimum atomic E-state index is -4.59. The first kappa shape index (κ1) is 25.1. The number of nitrogens with one attached hydrogen (secondary N) is 1. The maximum Gasteiger partial charge on any atom is 0.417 e. The van der Waals surface area contributed by atoms with Gasteiger partial charge in [-0.05, 0) is 18.9 Å². The van der Waals surface area contributed by atoms with Crippen LogP contribution >= 0.6 is 11.3 Å². The fourth-order valence-electron chi connectivity index (χ4n) is 5.36. The summed E-state index contributed by atoms with van der Waals surface area (Å²) < 4.78 is 68.2. The zero-order valence-corrected chi connectivity index (χ0v) is 20.4. The maximum atomic E-state index is 13.8. The number of pyridine rings is 1. The average Bonchev–Trinajstić information content (AvgIpc) is 3.38. The Bertz CT molecular complexity index is 1180. The molecule has 36 heavy (non-hydrogen) atoms. The fraction of sp³-hybridized carbons (Fsp3) is 0.609. The largest absolute Gasteiger partial charge is 0.417 e. The molecule has 3 fully saturated rings. The zero-order valence-electron chi connectivity index (χ0n) is 19.6. The van der Waals surface area contributed by atoms with E-state index < -0.39 is 30.1 Å². The maximum absolute atomic E-state index is 13.8. The van der Waals surface area contributed by atoms with Gasteiger partial charge in [-0.1, -0.05) is 0 Å². The van der Waals surface area contributed by atoms with Crippen LogP contribution in [0.2, 0.25) is 0 Å². The summed E-state index contributed by atoms with van der Waals surface area (Å²) in [6.45, 7) is 1.78. The van der Waals surface area contributed by atoms with Crippen LogP contribution in [-0.2, 0) is 11.0 Å². The second-order valence-corrected chi connectivity index (χ2v) is 10.9. The highest BCUT2D eigenvalue weighted by Crippen LogP contribution is 2.44. The van der Waals surface area contributed by atoms with E-state index in [9.17, 15) is 31.5 Å². The molecule has 13 heteroatoms. The minimum Gasteiger partial charge on any atom is -0.357 e. The van der Waals surface area contributed by atoms with Crippen LogP contribution in [0, 0.1) is 5.41 Å². The highest BCUT2D eigenvalue weighted by molar-refractivity contribution is 7.17. The van der Waals surface area contributed by atoms with E-state index in [1.54, 1.807) is 9.80 Å². The molecule has 2 aromatic heterocycles. The predicted octanol–water partition coefficient (Wildman–Crippen LogP) is 3.44. The Morgan fingerprint density at radius 1 is 1.11 bits per heavy atom. The number of likely N-dealkylation sites (tertiary alicyclic amines) is 2. The van der Waals surface area contributed by atoms with Crippen LogP contribution in [-0.4, -0.2) is 85.4 Å². The molecule has 7 nitrogen and oxygen atoms in total. The van der Waals surface area contributed by atoms with E-state index >= 15 is 0 Å². The molecule has 0 bridgehead atoms. The zero-order chi connectivity index (χ0) is 25.9. The van der Waals surface area contributed by atoms with Crippen molar-refractivity contribution in [1.29, 1.82) is 0 Å². The van der Waals surface area contributed by atoms with Crippen LogP contribution in [0.3, 0.4) is 0 Å². The van der Waals surface area contributed by atoms with Crippen molar-refractivity contribution in [2.45, 2.75) is 31.4 Å². The van der Waals surface area contributed by atoms with Crippen LogP contribution in [0.25, 0.3) is 10.2 Å². The monoisotopic (exact) mass is 531 g/mol. The molecule has 0 aromatic carbocycles. The number of nitrogens with zero attached hydrogens (tertiary/aromatic N) is 4. The van der Waals surface area contributed by atoms with Crippen LogP contribution in [0.15, 0.2) is 11.4 Å². The van der Waals surface area contributed by atoms with Gasteiger partial charge >= 0.3 is 6.18 Å². The molecule has 5 rings (SSSR count). The Labute approximate surface area is 208 Å². The lowest BCUT2D eigenvalue weighted by Gasteiger charge is -2.54. The number of aromatic nitrogens is 1. The summed E-state index contributed by atoms with van der Waals surface area (Å²) in [4.78, 5) is 34.1. The van der Waals surface area contributed by atoms with Gasteiger partial charge in [-0.25, -0.2) is 13.8 Å². The van der Waals surface area contributed by atoms with Crippen molar-refractivity contribution in [3.63, 3.8) is 0 Å². The first-order valence-corrected chi connectivity index (χ1v) is 12.6. The molecule has 196 valence electrons.